The molecule has 1 unspecified atom stereocenters. The molecule has 2 heterocycles. The summed E-state index contributed by atoms with van der Waals surface area (Å²) in [6.07, 6.45) is 0. The van der Waals surface area contributed by atoms with Crippen molar-refractivity contribution in [3.05, 3.63) is 70.6 Å². The van der Waals surface area contributed by atoms with E-state index in [4.69, 9.17) is 9.88 Å². The second kappa shape index (κ2) is 7.05. The minimum Gasteiger partial charge on any atom is -0.488 e. The van der Waals surface area contributed by atoms with Gasteiger partial charge in [0.2, 0.25) is 10.0 Å². The molecule has 6 nitrogen and oxygen atoms in total. The van der Waals surface area contributed by atoms with Crippen LogP contribution in [0.3, 0.4) is 0 Å². The first-order chi connectivity index (χ1) is 13.3. The summed E-state index contributed by atoms with van der Waals surface area (Å²) >= 11 is 1.44. The zero-order chi connectivity index (χ0) is 19.9. The molecule has 1 aromatic heterocycles. The summed E-state index contributed by atoms with van der Waals surface area (Å²) in [6, 6.07) is 15.5. The first-order valence-corrected chi connectivity index (χ1v) is 11.0. The lowest BCUT2D eigenvalue weighted by molar-refractivity contribution is 0.0944. The minimum absolute atomic E-state index is 0.0411. The summed E-state index contributed by atoms with van der Waals surface area (Å²) in [4.78, 5) is 14.4. The Morgan fingerprint density at radius 3 is 2.61 bits per heavy atom. The molecule has 1 atom stereocenters. The number of thiophene rings is 1. The van der Waals surface area contributed by atoms with E-state index >= 15 is 0 Å². The van der Waals surface area contributed by atoms with Gasteiger partial charge < -0.3 is 10.1 Å². The predicted octanol–water partition coefficient (Wildman–Crippen LogP) is 3.45. The van der Waals surface area contributed by atoms with Crippen LogP contribution in [0.1, 0.15) is 33.8 Å². The van der Waals surface area contributed by atoms with Gasteiger partial charge >= 0.3 is 0 Å². The molecular weight excluding hydrogens is 396 g/mol. The Morgan fingerprint density at radius 1 is 1.18 bits per heavy atom. The molecule has 1 amide bonds. The molecule has 3 aromatic rings. The highest BCUT2D eigenvalue weighted by Gasteiger charge is 2.23. The molecule has 0 spiro atoms. The largest absolute Gasteiger partial charge is 0.488 e. The number of fused-ring (bicyclic) bond motifs is 3. The number of ether oxygens (including phenoxy) is 1. The maximum Gasteiger partial charge on any atom is 0.261 e. The van der Waals surface area contributed by atoms with E-state index in [0.717, 1.165) is 27.3 Å². The van der Waals surface area contributed by atoms with Crippen molar-refractivity contribution in [2.45, 2.75) is 24.5 Å². The molecule has 0 saturated carbocycles. The number of nitrogens with two attached hydrogens (primary N) is 1. The molecule has 0 radical (unpaired) electrons. The van der Waals surface area contributed by atoms with Gasteiger partial charge in [-0.3, -0.25) is 4.79 Å². The van der Waals surface area contributed by atoms with Crippen molar-refractivity contribution in [1.82, 2.24) is 5.32 Å². The van der Waals surface area contributed by atoms with Gasteiger partial charge in [-0.15, -0.1) is 11.3 Å². The van der Waals surface area contributed by atoms with E-state index in [1.165, 1.54) is 23.5 Å². The molecule has 144 valence electrons. The maximum atomic E-state index is 12.7. The highest BCUT2D eigenvalue weighted by atomic mass is 32.2. The van der Waals surface area contributed by atoms with Gasteiger partial charge in [0, 0.05) is 16.0 Å². The van der Waals surface area contributed by atoms with Gasteiger partial charge in [-0.25, -0.2) is 13.6 Å². The number of para-hydroxylation sites is 1. The number of primary sulfonamides is 1. The van der Waals surface area contributed by atoms with E-state index in [1.54, 1.807) is 12.1 Å². The molecule has 4 rings (SSSR count). The molecule has 2 aromatic carbocycles. The number of amides is 1. The van der Waals surface area contributed by atoms with Gasteiger partial charge in [-0.1, -0.05) is 24.3 Å². The third-order valence-corrected chi connectivity index (χ3v) is 6.74. The smallest absolute Gasteiger partial charge is 0.261 e. The van der Waals surface area contributed by atoms with Crippen LogP contribution in [-0.2, 0) is 16.6 Å². The summed E-state index contributed by atoms with van der Waals surface area (Å²) in [5.74, 6) is 0.645. The quantitative estimate of drug-likeness (QED) is 0.683. The fourth-order valence-electron chi connectivity index (χ4n) is 3.11. The molecule has 3 N–H and O–H groups in total. The molecule has 1 aliphatic rings. The summed E-state index contributed by atoms with van der Waals surface area (Å²) in [7, 11) is -3.74. The Labute approximate surface area is 167 Å². The number of rotatable bonds is 4. The van der Waals surface area contributed by atoms with Crippen LogP contribution in [-0.4, -0.2) is 14.3 Å². The number of benzene rings is 2. The van der Waals surface area contributed by atoms with Crippen LogP contribution in [0.4, 0.5) is 0 Å². The molecule has 0 fully saturated rings. The number of nitrogens with one attached hydrogen (secondary N) is 1. The van der Waals surface area contributed by atoms with Crippen LogP contribution < -0.4 is 15.2 Å². The highest BCUT2D eigenvalue weighted by molar-refractivity contribution is 7.89. The van der Waals surface area contributed by atoms with Gasteiger partial charge in [-0.2, -0.15) is 0 Å². The molecular formula is C20H18N2O4S2. The third-order valence-electron chi connectivity index (χ3n) is 4.60. The van der Waals surface area contributed by atoms with Crippen LogP contribution in [0.25, 0.3) is 10.4 Å². The van der Waals surface area contributed by atoms with Gasteiger partial charge in [0.05, 0.1) is 15.8 Å². The van der Waals surface area contributed by atoms with E-state index in [0.29, 0.717) is 11.5 Å². The summed E-state index contributed by atoms with van der Waals surface area (Å²) in [6.45, 7) is 2.29. The first kappa shape index (κ1) is 18.7. The van der Waals surface area contributed by atoms with E-state index in [-0.39, 0.29) is 16.8 Å². The van der Waals surface area contributed by atoms with Crippen LogP contribution in [0.5, 0.6) is 5.75 Å². The van der Waals surface area contributed by atoms with Crippen molar-refractivity contribution in [2.24, 2.45) is 5.14 Å². The van der Waals surface area contributed by atoms with Crippen molar-refractivity contribution >= 4 is 27.3 Å². The SMILES string of the molecule is CC(NC(=O)c1cc2c(s1)-c1ccccc1OC2)c1ccc(S(N)(=O)=O)cc1. The van der Waals surface area contributed by atoms with Crippen molar-refractivity contribution in [3.63, 3.8) is 0 Å². The topological polar surface area (TPSA) is 98.5 Å². The van der Waals surface area contributed by atoms with Gasteiger partial charge in [-0.05, 0) is 42.8 Å². The number of hydrogen-bond donors (Lipinski definition) is 2. The Bertz CT molecular complexity index is 1150. The third kappa shape index (κ3) is 3.54. The molecule has 28 heavy (non-hydrogen) atoms. The average Bonchev–Trinajstić information content (AvgIpc) is 3.12. The molecule has 0 bridgehead atoms. The Balaban J connectivity index is 1.53. The van der Waals surface area contributed by atoms with Crippen LogP contribution in [0.2, 0.25) is 0 Å². The maximum absolute atomic E-state index is 12.7. The monoisotopic (exact) mass is 414 g/mol. The lowest BCUT2D eigenvalue weighted by Gasteiger charge is -2.16. The van der Waals surface area contributed by atoms with Gasteiger partial charge in [0.15, 0.2) is 0 Å². The number of carbonyl (C=O) groups is 1. The van der Waals surface area contributed by atoms with E-state index in [1.807, 2.05) is 37.3 Å². The minimum atomic E-state index is -3.74. The summed E-state index contributed by atoms with van der Waals surface area (Å²) in [5.41, 5.74) is 2.79. The first-order valence-electron chi connectivity index (χ1n) is 8.61. The number of carbonyl (C=O) groups excluding carboxylic acids is 1. The fourth-order valence-corrected chi connectivity index (χ4v) is 4.72. The zero-order valence-electron chi connectivity index (χ0n) is 15.0. The predicted molar refractivity (Wildman–Crippen MR) is 108 cm³/mol. The molecule has 0 saturated heterocycles. The van der Waals surface area contributed by atoms with Crippen LogP contribution >= 0.6 is 11.3 Å². The summed E-state index contributed by atoms with van der Waals surface area (Å²) in [5, 5.41) is 8.07. The standard InChI is InChI=1S/C20H18N2O4S2/c1-12(13-6-8-15(9-7-13)28(21,24)25)22-20(23)18-10-14-11-26-17-5-3-2-4-16(17)19(14)27-18/h2-10,12H,11H2,1H3,(H,22,23)(H2,21,24,25). The van der Waals surface area contributed by atoms with Crippen molar-refractivity contribution in [2.75, 3.05) is 0 Å². The van der Waals surface area contributed by atoms with Crippen LogP contribution in [0, 0.1) is 0 Å². The van der Waals surface area contributed by atoms with Crippen LogP contribution in [0.15, 0.2) is 59.5 Å². The number of hydrogen-bond acceptors (Lipinski definition) is 5. The average molecular weight is 415 g/mol. The number of sulfonamides is 1. The lowest BCUT2D eigenvalue weighted by Crippen LogP contribution is -2.26. The highest BCUT2D eigenvalue weighted by Crippen LogP contribution is 2.42. The second-order valence-corrected chi connectivity index (χ2v) is 9.17. The van der Waals surface area contributed by atoms with E-state index in [9.17, 15) is 13.2 Å². The molecule has 8 heteroatoms. The lowest BCUT2D eigenvalue weighted by atomic mass is 10.1. The van der Waals surface area contributed by atoms with Crippen molar-refractivity contribution < 1.29 is 17.9 Å². The van der Waals surface area contributed by atoms with Crippen molar-refractivity contribution in [3.8, 4) is 16.2 Å². The Morgan fingerprint density at radius 2 is 1.89 bits per heavy atom. The second-order valence-electron chi connectivity index (χ2n) is 6.56. The fraction of sp³-hybridized carbons (Fsp3) is 0.150. The van der Waals surface area contributed by atoms with Gasteiger partial charge in [0.1, 0.15) is 12.4 Å². The van der Waals surface area contributed by atoms with Crippen molar-refractivity contribution in [1.29, 1.82) is 0 Å². The Hall–Kier alpha value is -2.68. The van der Waals surface area contributed by atoms with E-state index in [2.05, 4.69) is 5.32 Å². The van der Waals surface area contributed by atoms with E-state index < -0.39 is 10.0 Å². The van der Waals surface area contributed by atoms with Gasteiger partial charge in [0.25, 0.3) is 5.91 Å². The zero-order valence-corrected chi connectivity index (χ0v) is 16.6. The Kier molecular flexibility index (Phi) is 4.70. The summed E-state index contributed by atoms with van der Waals surface area (Å²) < 4.78 is 28.5. The molecule has 1 aliphatic heterocycles. The molecule has 0 aliphatic carbocycles. The normalized spacial score (nSPS) is 13.8.